The summed E-state index contributed by atoms with van der Waals surface area (Å²) in [7, 11) is 0. The highest BCUT2D eigenvalue weighted by Gasteiger charge is 2.35. The second-order valence-electron chi connectivity index (χ2n) is 5.69. The molecule has 0 radical (unpaired) electrons. The molecule has 0 aliphatic carbocycles. The number of furan rings is 1. The fourth-order valence-electron chi connectivity index (χ4n) is 2.91. The number of hydrogen-bond donors (Lipinski definition) is 1. The van der Waals surface area contributed by atoms with E-state index in [1.54, 1.807) is 24.3 Å². The lowest BCUT2D eigenvalue weighted by Crippen LogP contribution is -2.44. The zero-order chi connectivity index (χ0) is 16.3. The number of amides is 1. The molecule has 1 saturated heterocycles. The highest BCUT2D eigenvalue weighted by atomic mass is 79.9. The van der Waals surface area contributed by atoms with Gasteiger partial charge in [0.25, 0.3) is 5.91 Å². The lowest BCUT2D eigenvalue weighted by Gasteiger charge is -2.37. The van der Waals surface area contributed by atoms with Crippen LogP contribution in [-0.2, 0) is 10.2 Å². The summed E-state index contributed by atoms with van der Waals surface area (Å²) in [6, 6.07) is 9.79. The molecule has 1 aromatic carbocycles. The van der Waals surface area contributed by atoms with Crippen LogP contribution in [0.3, 0.4) is 0 Å². The summed E-state index contributed by atoms with van der Waals surface area (Å²) in [5, 5.41) is 2.93. The molecule has 2 aromatic rings. The Hall–Kier alpha value is -1.66. The molecule has 3 rings (SSSR count). The van der Waals surface area contributed by atoms with E-state index in [1.807, 2.05) is 0 Å². The Morgan fingerprint density at radius 1 is 1.17 bits per heavy atom. The summed E-state index contributed by atoms with van der Waals surface area (Å²) in [6.07, 6.45) is 1.56. The highest BCUT2D eigenvalue weighted by Crippen LogP contribution is 2.34. The van der Waals surface area contributed by atoms with Gasteiger partial charge in [-0.2, -0.15) is 0 Å². The molecule has 0 saturated carbocycles. The summed E-state index contributed by atoms with van der Waals surface area (Å²) in [6.45, 7) is 1.71. The van der Waals surface area contributed by atoms with Crippen LogP contribution in [0.5, 0.6) is 0 Å². The first-order valence-corrected chi connectivity index (χ1v) is 8.26. The van der Waals surface area contributed by atoms with Crippen LogP contribution in [0.2, 0.25) is 0 Å². The minimum atomic E-state index is -0.263. The zero-order valence-electron chi connectivity index (χ0n) is 12.5. The third-order valence-electron chi connectivity index (χ3n) is 4.29. The number of halogens is 2. The van der Waals surface area contributed by atoms with Gasteiger partial charge in [0.05, 0.1) is 0 Å². The SMILES string of the molecule is O=C(NCC1(c2ccc(F)cc2)CCOCC1)c1ccc(Br)o1. The molecule has 1 N–H and O–H groups in total. The Morgan fingerprint density at radius 2 is 1.87 bits per heavy atom. The quantitative estimate of drug-likeness (QED) is 0.878. The van der Waals surface area contributed by atoms with Crippen molar-refractivity contribution in [3.63, 3.8) is 0 Å². The van der Waals surface area contributed by atoms with E-state index in [-0.39, 0.29) is 22.9 Å². The van der Waals surface area contributed by atoms with Gasteiger partial charge in [0.1, 0.15) is 5.82 Å². The summed E-state index contributed by atoms with van der Waals surface area (Å²) in [5.41, 5.74) is 0.772. The van der Waals surface area contributed by atoms with Gasteiger partial charge in [0.2, 0.25) is 0 Å². The van der Waals surface area contributed by atoms with E-state index in [9.17, 15) is 9.18 Å². The van der Waals surface area contributed by atoms with Crippen molar-refractivity contribution in [2.75, 3.05) is 19.8 Å². The molecule has 1 aromatic heterocycles. The van der Waals surface area contributed by atoms with E-state index in [1.165, 1.54) is 12.1 Å². The molecule has 23 heavy (non-hydrogen) atoms. The fraction of sp³-hybridized carbons (Fsp3) is 0.353. The van der Waals surface area contributed by atoms with Crippen molar-refractivity contribution >= 4 is 21.8 Å². The lowest BCUT2D eigenvalue weighted by atomic mass is 9.74. The smallest absolute Gasteiger partial charge is 0.287 e. The Labute approximate surface area is 142 Å². The van der Waals surface area contributed by atoms with Crippen molar-refractivity contribution in [3.05, 3.63) is 58.2 Å². The second kappa shape index (κ2) is 6.84. The predicted octanol–water partition coefficient (Wildman–Crippen LogP) is 3.66. The monoisotopic (exact) mass is 381 g/mol. The first-order valence-electron chi connectivity index (χ1n) is 7.46. The van der Waals surface area contributed by atoms with Crippen LogP contribution in [-0.4, -0.2) is 25.7 Å². The molecule has 6 heteroatoms. The summed E-state index contributed by atoms with van der Waals surface area (Å²) < 4.78 is 24.4. The van der Waals surface area contributed by atoms with Gasteiger partial charge < -0.3 is 14.5 Å². The van der Waals surface area contributed by atoms with Crippen molar-refractivity contribution in [1.82, 2.24) is 5.32 Å². The molecule has 0 spiro atoms. The van der Waals surface area contributed by atoms with Crippen LogP contribution >= 0.6 is 15.9 Å². The Balaban J connectivity index is 1.76. The molecule has 0 unspecified atom stereocenters. The van der Waals surface area contributed by atoms with Crippen LogP contribution < -0.4 is 5.32 Å². The van der Waals surface area contributed by atoms with Gasteiger partial charge in [-0.25, -0.2) is 4.39 Å². The Bertz CT molecular complexity index is 677. The highest BCUT2D eigenvalue weighted by molar-refractivity contribution is 9.10. The van der Waals surface area contributed by atoms with Crippen LogP contribution in [0, 0.1) is 5.82 Å². The van der Waals surface area contributed by atoms with E-state index in [0.717, 1.165) is 18.4 Å². The molecule has 1 amide bonds. The standard InChI is InChI=1S/C17H17BrFNO3/c18-15-6-5-14(23-15)16(21)20-11-17(7-9-22-10-8-17)12-1-3-13(19)4-2-12/h1-6H,7-11H2,(H,20,21). The molecule has 1 aliphatic rings. The van der Waals surface area contributed by atoms with Crippen LogP contribution in [0.25, 0.3) is 0 Å². The zero-order valence-corrected chi connectivity index (χ0v) is 14.1. The number of carbonyl (C=O) groups excluding carboxylic acids is 1. The number of rotatable bonds is 4. The van der Waals surface area contributed by atoms with Crippen LogP contribution in [0.4, 0.5) is 4.39 Å². The predicted molar refractivity (Wildman–Crippen MR) is 86.9 cm³/mol. The third kappa shape index (κ3) is 3.64. The van der Waals surface area contributed by atoms with Gasteiger partial charge in [-0.1, -0.05) is 12.1 Å². The maximum absolute atomic E-state index is 13.2. The number of nitrogens with one attached hydrogen (secondary N) is 1. The lowest BCUT2D eigenvalue weighted by molar-refractivity contribution is 0.0484. The summed E-state index contributed by atoms with van der Waals surface area (Å²) >= 11 is 3.18. The Kier molecular flexibility index (Phi) is 4.82. The van der Waals surface area contributed by atoms with E-state index in [2.05, 4.69) is 21.2 Å². The van der Waals surface area contributed by atoms with Gasteiger partial charge in [-0.3, -0.25) is 4.79 Å². The van der Waals surface area contributed by atoms with E-state index in [4.69, 9.17) is 9.15 Å². The van der Waals surface area contributed by atoms with E-state index in [0.29, 0.717) is 24.4 Å². The Morgan fingerprint density at radius 3 is 2.48 bits per heavy atom. The van der Waals surface area contributed by atoms with Crippen molar-refractivity contribution in [2.45, 2.75) is 18.3 Å². The van der Waals surface area contributed by atoms with Gasteiger partial charge >= 0.3 is 0 Å². The van der Waals surface area contributed by atoms with Gasteiger partial charge in [0.15, 0.2) is 10.4 Å². The maximum atomic E-state index is 13.2. The molecular weight excluding hydrogens is 365 g/mol. The summed E-state index contributed by atoms with van der Waals surface area (Å²) in [4.78, 5) is 12.2. The molecule has 2 heterocycles. The number of hydrogen-bond acceptors (Lipinski definition) is 3. The first kappa shape index (κ1) is 16.2. The fourth-order valence-corrected chi connectivity index (χ4v) is 3.21. The van der Waals surface area contributed by atoms with E-state index >= 15 is 0 Å². The average molecular weight is 382 g/mol. The average Bonchev–Trinajstić information content (AvgIpc) is 3.01. The molecule has 1 fully saturated rings. The molecule has 0 bridgehead atoms. The minimum Gasteiger partial charge on any atom is -0.444 e. The van der Waals surface area contributed by atoms with Crippen molar-refractivity contribution in [2.24, 2.45) is 0 Å². The minimum absolute atomic E-state index is 0.245. The topological polar surface area (TPSA) is 51.5 Å². The van der Waals surface area contributed by atoms with Gasteiger partial charge in [-0.15, -0.1) is 0 Å². The van der Waals surface area contributed by atoms with Gasteiger partial charge in [-0.05, 0) is 58.6 Å². The van der Waals surface area contributed by atoms with Crippen molar-refractivity contribution in [1.29, 1.82) is 0 Å². The third-order valence-corrected chi connectivity index (χ3v) is 4.72. The molecule has 4 nitrogen and oxygen atoms in total. The van der Waals surface area contributed by atoms with Crippen molar-refractivity contribution in [3.8, 4) is 0 Å². The van der Waals surface area contributed by atoms with Crippen LogP contribution in [0.15, 0.2) is 45.5 Å². The molecule has 122 valence electrons. The number of carbonyl (C=O) groups is 1. The second-order valence-corrected chi connectivity index (χ2v) is 6.47. The molecule has 0 atom stereocenters. The van der Waals surface area contributed by atoms with E-state index < -0.39 is 0 Å². The molecule has 1 aliphatic heterocycles. The normalized spacial score (nSPS) is 17.0. The first-order chi connectivity index (χ1) is 11.1. The van der Waals surface area contributed by atoms with Crippen LogP contribution in [0.1, 0.15) is 29.0 Å². The van der Waals surface area contributed by atoms with Gasteiger partial charge in [0, 0.05) is 25.2 Å². The summed E-state index contributed by atoms with van der Waals surface area (Å²) in [5.74, 6) is -0.262. The molecular formula is C17H17BrFNO3. The largest absolute Gasteiger partial charge is 0.444 e. The van der Waals surface area contributed by atoms with Crippen molar-refractivity contribution < 1.29 is 18.3 Å². The maximum Gasteiger partial charge on any atom is 0.287 e. The number of benzene rings is 1. The number of ether oxygens (including phenoxy) is 1.